The van der Waals surface area contributed by atoms with Crippen LogP contribution in [0.25, 0.3) is 0 Å². The second-order valence-corrected chi connectivity index (χ2v) is 8.52. The van der Waals surface area contributed by atoms with Gasteiger partial charge < -0.3 is 0 Å². The Labute approximate surface area is 161 Å². The van der Waals surface area contributed by atoms with Crippen molar-refractivity contribution >= 4 is 0 Å². The molecule has 0 aromatic carbocycles. The Morgan fingerprint density at radius 3 is 1.16 bits per heavy atom. The maximum atomic E-state index is 2.56. The van der Waals surface area contributed by atoms with Crippen LogP contribution >= 0.6 is 0 Å². The van der Waals surface area contributed by atoms with E-state index in [1.165, 1.54) is 116 Å². The van der Waals surface area contributed by atoms with Gasteiger partial charge in [-0.05, 0) is 31.6 Å². The molecule has 0 bridgehead atoms. The predicted octanol–water partition coefficient (Wildman–Crippen LogP) is 9.63. The summed E-state index contributed by atoms with van der Waals surface area (Å²) in [5.74, 6) is 0.720. The van der Waals surface area contributed by atoms with E-state index in [9.17, 15) is 0 Å². The summed E-state index contributed by atoms with van der Waals surface area (Å²) in [7, 11) is 0. The Morgan fingerprint density at radius 2 is 0.840 bits per heavy atom. The van der Waals surface area contributed by atoms with Crippen LogP contribution in [0, 0.1) is 5.92 Å². The predicted molar refractivity (Wildman–Crippen MR) is 117 cm³/mol. The lowest BCUT2D eigenvalue weighted by Gasteiger charge is -2.10. The first kappa shape index (κ1) is 24.7. The lowest BCUT2D eigenvalue weighted by Crippen LogP contribution is -1.91. The van der Waals surface area contributed by atoms with Crippen molar-refractivity contribution in [3.05, 3.63) is 11.6 Å². The number of allylic oxidation sites excluding steroid dienone is 2. The molecule has 0 aromatic rings. The zero-order valence-electron chi connectivity index (χ0n) is 18.4. The van der Waals surface area contributed by atoms with E-state index in [4.69, 9.17) is 0 Å². The number of rotatable bonds is 19. The van der Waals surface area contributed by atoms with Crippen molar-refractivity contribution in [3.63, 3.8) is 0 Å². The van der Waals surface area contributed by atoms with Gasteiger partial charge in [-0.3, -0.25) is 0 Å². The molecular formula is C25H50. The van der Waals surface area contributed by atoms with Crippen molar-refractivity contribution in [1.29, 1.82) is 0 Å². The van der Waals surface area contributed by atoms with E-state index in [2.05, 4.69) is 33.8 Å². The fourth-order valence-corrected chi connectivity index (χ4v) is 3.73. The molecule has 0 nitrogen and oxygen atoms in total. The molecular weight excluding hydrogens is 300 g/mol. The van der Waals surface area contributed by atoms with E-state index < -0.39 is 0 Å². The van der Waals surface area contributed by atoms with Gasteiger partial charge >= 0.3 is 0 Å². The minimum absolute atomic E-state index is 0.720. The quantitative estimate of drug-likeness (QED) is 0.161. The van der Waals surface area contributed by atoms with Crippen LogP contribution in [-0.2, 0) is 0 Å². The summed E-state index contributed by atoms with van der Waals surface area (Å²) >= 11 is 0. The van der Waals surface area contributed by atoms with Crippen molar-refractivity contribution < 1.29 is 0 Å². The van der Waals surface area contributed by atoms with Crippen LogP contribution in [0.2, 0.25) is 0 Å². The molecule has 0 saturated heterocycles. The third-order valence-electron chi connectivity index (χ3n) is 5.27. The van der Waals surface area contributed by atoms with Gasteiger partial charge in [-0.1, -0.05) is 129 Å². The molecule has 150 valence electrons. The average Bonchev–Trinajstić information content (AvgIpc) is 2.58. The minimum atomic E-state index is 0.720. The standard InChI is InChI=1S/C25H50/c1-5-7-9-11-13-15-17-19-21-25(23-24(3)4)22-20-18-16-14-12-10-8-6-2/h23-24H,5-22H2,1-4H3. The van der Waals surface area contributed by atoms with E-state index >= 15 is 0 Å². The molecule has 0 unspecified atom stereocenters. The summed E-state index contributed by atoms with van der Waals surface area (Å²) in [4.78, 5) is 0. The maximum absolute atomic E-state index is 2.56. The highest BCUT2D eigenvalue weighted by molar-refractivity contribution is 5.03. The van der Waals surface area contributed by atoms with E-state index in [0.717, 1.165) is 5.92 Å². The summed E-state index contributed by atoms with van der Waals surface area (Å²) in [5, 5.41) is 0. The van der Waals surface area contributed by atoms with Crippen molar-refractivity contribution in [1.82, 2.24) is 0 Å². The van der Waals surface area contributed by atoms with Gasteiger partial charge in [-0.25, -0.2) is 0 Å². The summed E-state index contributed by atoms with van der Waals surface area (Å²) in [5.41, 5.74) is 1.76. The number of hydrogen-bond donors (Lipinski definition) is 0. The van der Waals surface area contributed by atoms with E-state index in [0.29, 0.717) is 0 Å². The Balaban J connectivity index is 3.66. The average molecular weight is 351 g/mol. The largest absolute Gasteiger partial charge is 0.0828 e. The van der Waals surface area contributed by atoms with E-state index in [-0.39, 0.29) is 0 Å². The molecule has 0 fully saturated rings. The molecule has 0 saturated carbocycles. The fourth-order valence-electron chi connectivity index (χ4n) is 3.73. The number of hydrogen-bond acceptors (Lipinski definition) is 0. The Hall–Kier alpha value is -0.260. The first-order valence-electron chi connectivity index (χ1n) is 11.9. The highest BCUT2D eigenvalue weighted by Crippen LogP contribution is 2.20. The molecule has 0 rings (SSSR count). The Morgan fingerprint density at radius 1 is 0.520 bits per heavy atom. The molecule has 0 amide bonds. The van der Waals surface area contributed by atoms with Gasteiger partial charge in [0, 0.05) is 0 Å². The molecule has 0 radical (unpaired) electrons. The first-order chi connectivity index (χ1) is 12.2. The SMILES string of the molecule is CCCCCCCCCCC(=CC(C)C)CCCCCCCCCC. The van der Waals surface area contributed by atoms with Crippen LogP contribution in [0.3, 0.4) is 0 Å². The van der Waals surface area contributed by atoms with Gasteiger partial charge in [0.1, 0.15) is 0 Å². The van der Waals surface area contributed by atoms with Crippen LogP contribution < -0.4 is 0 Å². The van der Waals surface area contributed by atoms with Crippen LogP contribution in [0.4, 0.5) is 0 Å². The van der Waals surface area contributed by atoms with Gasteiger partial charge in [-0.15, -0.1) is 0 Å². The van der Waals surface area contributed by atoms with Gasteiger partial charge in [-0.2, -0.15) is 0 Å². The molecule has 0 aliphatic heterocycles. The van der Waals surface area contributed by atoms with Gasteiger partial charge in [0.2, 0.25) is 0 Å². The monoisotopic (exact) mass is 350 g/mol. The molecule has 0 N–H and O–H groups in total. The minimum Gasteiger partial charge on any atom is -0.0828 e. The molecule has 0 heteroatoms. The lowest BCUT2D eigenvalue weighted by molar-refractivity contribution is 0.559. The van der Waals surface area contributed by atoms with Gasteiger partial charge in [0.25, 0.3) is 0 Å². The Kier molecular flexibility index (Phi) is 19.8. The zero-order chi connectivity index (χ0) is 18.6. The normalized spacial score (nSPS) is 11.2. The maximum Gasteiger partial charge on any atom is -0.0288 e. The van der Waals surface area contributed by atoms with Crippen molar-refractivity contribution in [2.75, 3.05) is 0 Å². The van der Waals surface area contributed by atoms with E-state index in [1.54, 1.807) is 5.57 Å². The molecule has 0 spiro atoms. The van der Waals surface area contributed by atoms with Crippen LogP contribution in [0.1, 0.15) is 143 Å². The fraction of sp³-hybridized carbons (Fsp3) is 0.920. The summed E-state index contributed by atoms with van der Waals surface area (Å²) in [6, 6.07) is 0. The number of unbranched alkanes of at least 4 members (excludes halogenated alkanes) is 14. The van der Waals surface area contributed by atoms with E-state index in [1.807, 2.05) is 0 Å². The topological polar surface area (TPSA) is 0 Å². The molecule has 0 aliphatic carbocycles. The second-order valence-electron chi connectivity index (χ2n) is 8.52. The second kappa shape index (κ2) is 20.1. The summed E-state index contributed by atoms with van der Waals surface area (Å²) in [6.07, 6.45) is 28.3. The van der Waals surface area contributed by atoms with Crippen LogP contribution in [0.15, 0.2) is 11.6 Å². The van der Waals surface area contributed by atoms with Crippen LogP contribution in [-0.4, -0.2) is 0 Å². The molecule has 25 heavy (non-hydrogen) atoms. The van der Waals surface area contributed by atoms with Crippen molar-refractivity contribution in [3.8, 4) is 0 Å². The van der Waals surface area contributed by atoms with Gasteiger partial charge in [0.05, 0.1) is 0 Å². The molecule has 0 heterocycles. The van der Waals surface area contributed by atoms with Gasteiger partial charge in [0.15, 0.2) is 0 Å². The van der Waals surface area contributed by atoms with Crippen molar-refractivity contribution in [2.45, 2.75) is 143 Å². The van der Waals surface area contributed by atoms with Crippen molar-refractivity contribution in [2.24, 2.45) is 5.92 Å². The van der Waals surface area contributed by atoms with Crippen LogP contribution in [0.5, 0.6) is 0 Å². The summed E-state index contributed by atoms with van der Waals surface area (Å²) < 4.78 is 0. The Bertz CT molecular complexity index is 252. The molecule has 0 aromatic heterocycles. The molecule has 0 atom stereocenters. The summed E-state index contributed by atoms with van der Waals surface area (Å²) in [6.45, 7) is 9.27. The third-order valence-corrected chi connectivity index (χ3v) is 5.27. The first-order valence-corrected chi connectivity index (χ1v) is 11.9. The smallest absolute Gasteiger partial charge is 0.0288 e. The zero-order valence-corrected chi connectivity index (χ0v) is 18.4. The highest BCUT2D eigenvalue weighted by atomic mass is 14.1. The third kappa shape index (κ3) is 19.9. The molecule has 0 aliphatic rings. The lowest BCUT2D eigenvalue weighted by atomic mass is 9.96. The highest BCUT2D eigenvalue weighted by Gasteiger charge is 2.01.